The Balaban J connectivity index is 2.60. The number of amides is 2. The molecule has 0 saturated carbocycles. The van der Waals surface area contributed by atoms with E-state index in [0.29, 0.717) is 37.0 Å². The quantitative estimate of drug-likeness (QED) is 0.485. The summed E-state index contributed by atoms with van der Waals surface area (Å²) in [6.45, 7) is 12.4. The standard InChI is InChI=1S/C21H37N3O2S/c1-6-7-8-9-10-11-20(25)24(13-17(4)5)14-19-23-18(15-27-19)21(26)22-12-16(2)3/h15-17H,6-14H2,1-5H3,(H,22,26). The Labute approximate surface area is 168 Å². The average molecular weight is 396 g/mol. The van der Waals surface area contributed by atoms with Gasteiger partial charge in [-0.05, 0) is 18.3 Å². The predicted molar refractivity (Wildman–Crippen MR) is 113 cm³/mol. The van der Waals surface area contributed by atoms with Crippen LogP contribution in [0.1, 0.15) is 88.6 Å². The molecule has 0 unspecified atom stereocenters. The van der Waals surface area contributed by atoms with E-state index in [9.17, 15) is 9.59 Å². The van der Waals surface area contributed by atoms with Gasteiger partial charge in [-0.15, -0.1) is 11.3 Å². The zero-order valence-electron chi connectivity index (χ0n) is 17.7. The van der Waals surface area contributed by atoms with Gasteiger partial charge in [-0.1, -0.05) is 60.3 Å². The Kier molecular flexibility index (Phi) is 11.3. The Hall–Kier alpha value is -1.43. The van der Waals surface area contributed by atoms with E-state index in [4.69, 9.17) is 0 Å². The van der Waals surface area contributed by atoms with E-state index in [1.165, 1.54) is 30.6 Å². The van der Waals surface area contributed by atoms with Crippen LogP contribution < -0.4 is 5.32 Å². The van der Waals surface area contributed by atoms with Crippen molar-refractivity contribution < 1.29 is 9.59 Å². The van der Waals surface area contributed by atoms with Gasteiger partial charge in [0.1, 0.15) is 10.7 Å². The van der Waals surface area contributed by atoms with E-state index in [-0.39, 0.29) is 11.8 Å². The number of nitrogens with one attached hydrogen (secondary N) is 1. The van der Waals surface area contributed by atoms with Crippen LogP contribution in [-0.2, 0) is 11.3 Å². The molecule has 1 aromatic heterocycles. The molecular formula is C21H37N3O2S. The molecule has 0 bridgehead atoms. The third-order valence-electron chi connectivity index (χ3n) is 4.21. The maximum absolute atomic E-state index is 12.7. The van der Waals surface area contributed by atoms with Gasteiger partial charge in [0, 0.05) is 24.9 Å². The van der Waals surface area contributed by atoms with Gasteiger partial charge in [0.2, 0.25) is 5.91 Å². The molecule has 1 N–H and O–H groups in total. The summed E-state index contributed by atoms with van der Waals surface area (Å²) in [7, 11) is 0. The molecule has 6 heteroatoms. The number of rotatable bonds is 13. The van der Waals surface area contributed by atoms with E-state index in [0.717, 1.165) is 24.4 Å². The highest BCUT2D eigenvalue weighted by atomic mass is 32.1. The number of hydrogen-bond acceptors (Lipinski definition) is 4. The molecule has 0 aliphatic carbocycles. The SMILES string of the molecule is CCCCCCCC(=O)N(Cc1nc(C(=O)NCC(C)C)cs1)CC(C)C. The molecule has 27 heavy (non-hydrogen) atoms. The van der Waals surface area contributed by atoms with Gasteiger partial charge in [0.15, 0.2) is 0 Å². The molecule has 0 fully saturated rings. The molecule has 1 rings (SSSR count). The lowest BCUT2D eigenvalue weighted by Gasteiger charge is -2.23. The molecule has 0 aromatic carbocycles. The number of hydrogen-bond donors (Lipinski definition) is 1. The van der Waals surface area contributed by atoms with Gasteiger partial charge in [-0.3, -0.25) is 9.59 Å². The number of carbonyl (C=O) groups excluding carboxylic acids is 2. The van der Waals surface area contributed by atoms with Crippen molar-refractivity contribution in [1.82, 2.24) is 15.2 Å². The highest BCUT2D eigenvalue weighted by Gasteiger charge is 2.18. The molecule has 0 atom stereocenters. The number of carbonyl (C=O) groups is 2. The summed E-state index contributed by atoms with van der Waals surface area (Å²) >= 11 is 1.45. The van der Waals surface area contributed by atoms with Crippen LogP contribution in [0.2, 0.25) is 0 Å². The fraction of sp³-hybridized carbons (Fsp3) is 0.762. The summed E-state index contributed by atoms with van der Waals surface area (Å²) in [5, 5.41) is 5.50. The zero-order valence-corrected chi connectivity index (χ0v) is 18.5. The first-order chi connectivity index (χ1) is 12.8. The first-order valence-electron chi connectivity index (χ1n) is 10.3. The topological polar surface area (TPSA) is 62.3 Å². The van der Waals surface area contributed by atoms with Crippen LogP contribution >= 0.6 is 11.3 Å². The van der Waals surface area contributed by atoms with Gasteiger partial charge < -0.3 is 10.2 Å². The minimum atomic E-state index is -0.135. The van der Waals surface area contributed by atoms with E-state index in [1.54, 1.807) is 5.38 Å². The smallest absolute Gasteiger partial charge is 0.270 e. The van der Waals surface area contributed by atoms with Crippen LogP contribution in [0.5, 0.6) is 0 Å². The molecule has 5 nitrogen and oxygen atoms in total. The van der Waals surface area contributed by atoms with Crippen LogP contribution in [-0.4, -0.2) is 34.8 Å². The molecule has 1 aromatic rings. The van der Waals surface area contributed by atoms with Gasteiger partial charge in [0.05, 0.1) is 6.54 Å². The molecule has 154 valence electrons. The summed E-state index contributed by atoms with van der Waals surface area (Å²) in [6.07, 6.45) is 6.33. The Morgan fingerprint density at radius 3 is 2.44 bits per heavy atom. The number of aromatic nitrogens is 1. The summed E-state index contributed by atoms with van der Waals surface area (Å²) in [5.41, 5.74) is 0.451. The normalized spacial score (nSPS) is 11.2. The lowest BCUT2D eigenvalue weighted by atomic mass is 10.1. The highest BCUT2D eigenvalue weighted by Crippen LogP contribution is 2.16. The van der Waals surface area contributed by atoms with Crippen molar-refractivity contribution >= 4 is 23.2 Å². The van der Waals surface area contributed by atoms with Crippen molar-refractivity contribution in [3.63, 3.8) is 0 Å². The highest BCUT2D eigenvalue weighted by molar-refractivity contribution is 7.09. The third-order valence-corrected chi connectivity index (χ3v) is 5.05. The van der Waals surface area contributed by atoms with E-state index in [1.807, 2.05) is 4.90 Å². The summed E-state index contributed by atoms with van der Waals surface area (Å²) in [6, 6.07) is 0. The van der Waals surface area contributed by atoms with Crippen molar-refractivity contribution in [2.45, 2.75) is 79.7 Å². The predicted octanol–water partition coefficient (Wildman–Crippen LogP) is 4.87. The lowest BCUT2D eigenvalue weighted by Crippen LogP contribution is -2.33. The molecule has 2 amide bonds. The second kappa shape index (κ2) is 12.9. The Bertz CT molecular complexity index is 570. The Morgan fingerprint density at radius 1 is 1.11 bits per heavy atom. The van der Waals surface area contributed by atoms with Crippen molar-refractivity contribution in [2.75, 3.05) is 13.1 Å². The van der Waals surface area contributed by atoms with Crippen LogP contribution in [0.4, 0.5) is 0 Å². The molecule has 0 aliphatic rings. The number of unbranched alkanes of at least 4 members (excludes halogenated alkanes) is 4. The summed E-state index contributed by atoms with van der Waals surface area (Å²) in [4.78, 5) is 31.2. The molecule has 0 spiro atoms. The second-order valence-electron chi connectivity index (χ2n) is 8.06. The first kappa shape index (κ1) is 23.6. The molecular weight excluding hydrogens is 358 g/mol. The molecule has 0 aliphatic heterocycles. The van der Waals surface area contributed by atoms with Crippen LogP contribution in [0.15, 0.2) is 5.38 Å². The summed E-state index contributed by atoms with van der Waals surface area (Å²) in [5.74, 6) is 0.872. The van der Waals surface area contributed by atoms with Crippen molar-refractivity contribution in [1.29, 1.82) is 0 Å². The van der Waals surface area contributed by atoms with Gasteiger partial charge in [-0.25, -0.2) is 4.98 Å². The maximum Gasteiger partial charge on any atom is 0.270 e. The fourth-order valence-electron chi connectivity index (χ4n) is 2.77. The lowest BCUT2D eigenvalue weighted by molar-refractivity contribution is -0.132. The van der Waals surface area contributed by atoms with Gasteiger partial charge >= 0.3 is 0 Å². The average Bonchev–Trinajstić information content (AvgIpc) is 3.07. The van der Waals surface area contributed by atoms with Crippen molar-refractivity contribution in [3.05, 3.63) is 16.1 Å². The van der Waals surface area contributed by atoms with Crippen molar-refractivity contribution in [2.24, 2.45) is 11.8 Å². The van der Waals surface area contributed by atoms with Crippen molar-refractivity contribution in [3.8, 4) is 0 Å². The van der Waals surface area contributed by atoms with Crippen LogP contribution in [0.3, 0.4) is 0 Å². The maximum atomic E-state index is 12.7. The molecule has 0 saturated heterocycles. The number of thiazole rings is 1. The molecule has 0 radical (unpaired) electrons. The van der Waals surface area contributed by atoms with E-state index in [2.05, 4.69) is 44.9 Å². The third kappa shape index (κ3) is 9.89. The minimum absolute atomic E-state index is 0.135. The van der Waals surface area contributed by atoms with Crippen LogP contribution in [0.25, 0.3) is 0 Å². The van der Waals surface area contributed by atoms with E-state index < -0.39 is 0 Å². The van der Waals surface area contributed by atoms with Gasteiger partial charge in [-0.2, -0.15) is 0 Å². The second-order valence-corrected chi connectivity index (χ2v) is 9.01. The Morgan fingerprint density at radius 2 is 1.81 bits per heavy atom. The fourth-order valence-corrected chi connectivity index (χ4v) is 3.56. The van der Waals surface area contributed by atoms with Crippen LogP contribution in [0, 0.1) is 11.8 Å². The minimum Gasteiger partial charge on any atom is -0.350 e. The van der Waals surface area contributed by atoms with Gasteiger partial charge in [0.25, 0.3) is 5.91 Å². The number of nitrogens with zero attached hydrogens (tertiary/aromatic N) is 2. The largest absolute Gasteiger partial charge is 0.350 e. The monoisotopic (exact) mass is 395 g/mol. The summed E-state index contributed by atoms with van der Waals surface area (Å²) < 4.78 is 0. The molecule has 1 heterocycles. The first-order valence-corrected chi connectivity index (χ1v) is 11.2. The van der Waals surface area contributed by atoms with E-state index >= 15 is 0 Å². The zero-order chi connectivity index (χ0) is 20.2.